The number of piperidine rings is 1. The zero-order valence-corrected chi connectivity index (χ0v) is 10.4. The molecule has 3 aliphatic heterocycles. The number of benzene rings is 1. The smallest absolute Gasteiger partial charge is 0.259 e. The van der Waals surface area contributed by atoms with Crippen LogP contribution in [0.2, 0.25) is 0 Å². The lowest BCUT2D eigenvalue weighted by molar-refractivity contribution is 0.0879. The monoisotopic (exact) mass is 258 g/mol. The predicted octanol–water partition coefficient (Wildman–Crippen LogP) is 1.32. The summed E-state index contributed by atoms with van der Waals surface area (Å²) in [5, 5.41) is 2.33. The first-order valence-corrected chi connectivity index (χ1v) is 6.67. The van der Waals surface area contributed by atoms with Gasteiger partial charge in [-0.2, -0.15) is 0 Å². The topological polar surface area (TPSA) is 58.6 Å². The number of nitrogens with one attached hydrogen (secondary N) is 1. The van der Waals surface area contributed by atoms with Crippen LogP contribution in [-0.2, 0) is 0 Å². The molecule has 3 heterocycles. The third kappa shape index (κ3) is 1.47. The molecule has 0 spiro atoms. The maximum Gasteiger partial charge on any atom is 0.259 e. The van der Waals surface area contributed by atoms with Gasteiger partial charge in [0.2, 0.25) is 0 Å². The second-order valence-corrected chi connectivity index (χ2v) is 5.30. The maximum absolute atomic E-state index is 11.7. The second kappa shape index (κ2) is 3.73. The van der Waals surface area contributed by atoms with Crippen molar-refractivity contribution in [2.24, 2.45) is 0 Å². The minimum absolute atomic E-state index is 0.304. The average Bonchev–Trinajstić information content (AvgIpc) is 2.72. The van der Waals surface area contributed by atoms with E-state index in [1.54, 1.807) is 6.07 Å². The summed E-state index contributed by atoms with van der Waals surface area (Å²) in [6, 6.07) is 3.91. The van der Waals surface area contributed by atoms with Gasteiger partial charge >= 0.3 is 0 Å². The summed E-state index contributed by atoms with van der Waals surface area (Å²) in [5.41, 5.74) is 1.86. The Kier molecular flexibility index (Phi) is 2.13. The summed E-state index contributed by atoms with van der Waals surface area (Å²) in [7, 11) is 0. The predicted molar refractivity (Wildman–Crippen MR) is 68.7 cm³/mol. The zero-order valence-electron chi connectivity index (χ0n) is 10.4. The third-order valence-corrected chi connectivity index (χ3v) is 4.18. The summed E-state index contributed by atoms with van der Waals surface area (Å²) in [5.74, 6) is 0.0934. The molecule has 1 N–H and O–H groups in total. The molecule has 1 saturated heterocycles. The van der Waals surface area contributed by atoms with Crippen molar-refractivity contribution in [2.45, 2.75) is 25.3 Å². The van der Waals surface area contributed by atoms with Gasteiger partial charge in [-0.25, -0.2) is 0 Å². The first kappa shape index (κ1) is 10.8. The SMILES string of the molecule is O=C1NC(=O)c2cc3c(cc21)OCC1CCCCN31. The van der Waals surface area contributed by atoms with E-state index in [2.05, 4.69) is 10.2 Å². The molecule has 0 aromatic heterocycles. The first-order chi connectivity index (χ1) is 9.24. The maximum atomic E-state index is 11.7. The van der Waals surface area contributed by atoms with Crippen molar-refractivity contribution in [3.05, 3.63) is 23.3 Å². The number of hydrogen-bond donors (Lipinski definition) is 1. The summed E-state index contributed by atoms with van der Waals surface area (Å²) < 4.78 is 5.77. The van der Waals surface area contributed by atoms with Crippen molar-refractivity contribution < 1.29 is 14.3 Å². The van der Waals surface area contributed by atoms with Crippen molar-refractivity contribution in [1.29, 1.82) is 0 Å². The normalized spacial score (nSPS) is 24.2. The Morgan fingerprint density at radius 1 is 1.16 bits per heavy atom. The highest BCUT2D eigenvalue weighted by Crippen LogP contribution is 2.40. The van der Waals surface area contributed by atoms with Gasteiger partial charge in [0, 0.05) is 6.54 Å². The summed E-state index contributed by atoms with van der Waals surface area (Å²) in [6.45, 7) is 1.66. The van der Waals surface area contributed by atoms with Crippen LogP contribution in [-0.4, -0.2) is 31.0 Å². The van der Waals surface area contributed by atoms with E-state index in [-0.39, 0.29) is 11.8 Å². The van der Waals surface area contributed by atoms with Crippen LogP contribution in [0.4, 0.5) is 5.69 Å². The van der Waals surface area contributed by atoms with E-state index in [0.717, 1.165) is 30.8 Å². The number of carbonyl (C=O) groups excluding carboxylic acids is 2. The van der Waals surface area contributed by atoms with E-state index in [0.29, 0.717) is 23.8 Å². The fraction of sp³-hybridized carbons (Fsp3) is 0.429. The van der Waals surface area contributed by atoms with Crippen molar-refractivity contribution in [2.75, 3.05) is 18.1 Å². The fourth-order valence-electron chi connectivity index (χ4n) is 3.20. The van der Waals surface area contributed by atoms with Crippen LogP contribution in [0.5, 0.6) is 5.75 Å². The Morgan fingerprint density at radius 2 is 1.95 bits per heavy atom. The molecular formula is C14H14N2O3. The van der Waals surface area contributed by atoms with Crippen LogP contribution in [0.15, 0.2) is 12.1 Å². The molecule has 19 heavy (non-hydrogen) atoms. The molecule has 1 atom stereocenters. The molecule has 5 heteroatoms. The number of nitrogens with zero attached hydrogens (tertiary/aromatic N) is 1. The second-order valence-electron chi connectivity index (χ2n) is 5.30. The molecule has 1 unspecified atom stereocenters. The molecule has 0 bridgehead atoms. The molecule has 3 aliphatic rings. The van der Waals surface area contributed by atoms with Crippen molar-refractivity contribution >= 4 is 17.5 Å². The Morgan fingerprint density at radius 3 is 2.79 bits per heavy atom. The highest BCUT2D eigenvalue weighted by molar-refractivity contribution is 6.22. The minimum atomic E-state index is -0.327. The molecule has 98 valence electrons. The number of carbonyl (C=O) groups is 2. The zero-order chi connectivity index (χ0) is 13.0. The fourth-order valence-corrected chi connectivity index (χ4v) is 3.20. The summed E-state index contributed by atoms with van der Waals surface area (Å²) >= 11 is 0. The molecule has 4 rings (SSSR count). The Bertz CT molecular complexity index is 597. The van der Waals surface area contributed by atoms with Gasteiger partial charge in [-0.1, -0.05) is 0 Å². The molecule has 0 radical (unpaired) electrons. The van der Waals surface area contributed by atoms with Gasteiger partial charge in [-0.05, 0) is 31.4 Å². The summed E-state index contributed by atoms with van der Waals surface area (Å²) in [4.78, 5) is 25.7. The van der Waals surface area contributed by atoms with Crippen LogP contribution in [0, 0.1) is 0 Å². The van der Waals surface area contributed by atoms with E-state index in [4.69, 9.17) is 4.74 Å². The van der Waals surface area contributed by atoms with Crippen molar-refractivity contribution in [1.82, 2.24) is 5.32 Å². The van der Waals surface area contributed by atoms with Crippen LogP contribution in [0.1, 0.15) is 40.0 Å². The summed E-state index contributed by atoms with van der Waals surface area (Å²) in [6.07, 6.45) is 3.52. The minimum Gasteiger partial charge on any atom is -0.489 e. The molecular weight excluding hydrogens is 244 g/mol. The van der Waals surface area contributed by atoms with Gasteiger partial charge in [-0.15, -0.1) is 0 Å². The quantitative estimate of drug-likeness (QED) is 0.713. The van der Waals surface area contributed by atoms with E-state index in [1.807, 2.05) is 6.07 Å². The Hall–Kier alpha value is -2.04. The number of rotatable bonds is 0. The molecule has 1 fully saturated rings. The van der Waals surface area contributed by atoms with Gasteiger partial charge < -0.3 is 9.64 Å². The average molecular weight is 258 g/mol. The van der Waals surface area contributed by atoms with Crippen molar-refractivity contribution in [3.63, 3.8) is 0 Å². The van der Waals surface area contributed by atoms with Gasteiger partial charge in [0.15, 0.2) is 0 Å². The number of ether oxygens (including phenoxy) is 1. The molecule has 0 aliphatic carbocycles. The van der Waals surface area contributed by atoms with Crippen LogP contribution in [0.25, 0.3) is 0 Å². The lowest BCUT2D eigenvalue weighted by atomic mass is 9.98. The van der Waals surface area contributed by atoms with E-state index >= 15 is 0 Å². The Balaban J connectivity index is 1.84. The standard InChI is InChI=1S/C14H14N2O3/c17-13-9-5-11-12(6-10(9)14(18)15-13)19-7-8-3-1-2-4-16(8)11/h5-6,8H,1-4,7H2,(H,15,17,18). The van der Waals surface area contributed by atoms with Gasteiger partial charge in [0.25, 0.3) is 11.8 Å². The highest BCUT2D eigenvalue weighted by Gasteiger charge is 2.34. The number of hydrogen-bond acceptors (Lipinski definition) is 4. The van der Waals surface area contributed by atoms with E-state index in [9.17, 15) is 9.59 Å². The number of amides is 2. The highest BCUT2D eigenvalue weighted by atomic mass is 16.5. The van der Waals surface area contributed by atoms with Gasteiger partial charge in [0.1, 0.15) is 12.4 Å². The molecule has 5 nitrogen and oxygen atoms in total. The number of imide groups is 1. The largest absolute Gasteiger partial charge is 0.489 e. The first-order valence-electron chi connectivity index (χ1n) is 6.67. The molecule has 1 aromatic carbocycles. The number of anilines is 1. The lowest BCUT2D eigenvalue weighted by Gasteiger charge is -2.41. The third-order valence-electron chi connectivity index (χ3n) is 4.18. The van der Waals surface area contributed by atoms with E-state index < -0.39 is 0 Å². The lowest BCUT2D eigenvalue weighted by Crippen LogP contribution is -2.46. The Labute approximate surface area is 110 Å². The number of fused-ring (bicyclic) bond motifs is 4. The van der Waals surface area contributed by atoms with Crippen LogP contribution < -0.4 is 15.0 Å². The molecule has 1 aromatic rings. The van der Waals surface area contributed by atoms with Gasteiger partial charge in [-0.3, -0.25) is 14.9 Å². The van der Waals surface area contributed by atoms with Gasteiger partial charge in [0.05, 0.1) is 22.9 Å². The molecule has 2 amide bonds. The van der Waals surface area contributed by atoms with E-state index in [1.165, 1.54) is 6.42 Å². The van der Waals surface area contributed by atoms with Crippen LogP contribution in [0.3, 0.4) is 0 Å². The molecule has 0 saturated carbocycles. The van der Waals surface area contributed by atoms with Crippen molar-refractivity contribution in [3.8, 4) is 5.75 Å². The van der Waals surface area contributed by atoms with Crippen LogP contribution >= 0.6 is 0 Å².